The molecular formula is C21H25FN2O3. The Morgan fingerprint density at radius 1 is 1.04 bits per heavy atom. The van der Waals surface area contributed by atoms with E-state index in [1.165, 1.54) is 6.07 Å². The lowest BCUT2D eigenvalue weighted by molar-refractivity contribution is -0.123. The van der Waals surface area contributed by atoms with Gasteiger partial charge in [0.25, 0.3) is 0 Å². The quantitative estimate of drug-likeness (QED) is 0.811. The van der Waals surface area contributed by atoms with Crippen molar-refractivity contribution in [1.82, 2.24) is 10.6 Å². The van der Waals surface area contributed by atoms with Crippen molar-refractivity contribution in [2.45, 2.75) is 38.8 Å². The van der Waals surface area contributed by atoms with Crippen LogP contribution in [-0.4, -0.2) is 24.1 Å². The number of ether oxygens (including phenoxy) is 1. The van der Waals surface area contributed by atoms with E-state index in [1.54, 1.807) is 63.2 Å². The minimum absolute atomic E-state index is 0.249. The molecule has 0 saturated carbocycles. The van der Waals surface area contributed by atoms with Crippen LogP contribution in [0.15, 0.2) is 54.6 Å². The summed E-state index contributed by atoms with van der Waals surface area (Å²) < 4.78 is 18.9. The molecule has 27 heavy (non-hydrogen) atoms. The highest BCUT2D eigenvalue weighted by molar-refractivity contribution is 5.86. The Balaban J connectivity index is 2.03. The lowest BCUT2D eigenvalue weighted by Gasteiger charge is -2.23. The number of hydrogen-bond acceptors (Lipinski definition) is 3. The monoisotopic (exact) mass is 372 g/mol. The maximum Gasteiger partial charge on any atom is 0.408 e. The van der Waals surface area contributed by atoms with Gasteiger partial charge in [-0.2, -0.15) is 0 Å². The maximum absolute atomic E-state index is 13.7. The van der Waals surface area contributed by atoms with Crippen molar-refractivity contribution in [3.05, 3.63) is 71.5 Å². The fourth-order valence-electron chi connectivity index (χ4n) is 2.49. The van der Waals surface area contributed by atoms with Crippen molar-refractivity contribution in [2.75, 3.05) is 6.54 Å². The Hall–Kier alpha value is -2.89. The number of alkyl carbamates (subject to hydrolysis) is 1. The molecule has 0 heterocycles. The van der Waals surface area contributed by atoms with E-state index in [2.05, 4.69) is 10.6 Å². The van der Waals surface area contributed by atoms with Crippen LogP contribution < -0.4 is 10.6 Å². The molecule has 5 nitrogen and oxygen atoms in total. The van der Waals surface area contributed by atoms with E-state index in [0.29, 0.717) is 17.5 Å². The second-order valence-corrected chi connectivity index (χ2v) is 7.12. The number of nitrogens with one attached hydrogen (secondary N) is 2. The molecule has 0 aliphatic heterocycles. The molecule has 2 amide bonds. The summed E-state index contributed by atoms with van der Waals surface area (Å²) in [5.41, 5.74) is 0.480. The highest BCUT2D eigenvalue weighted by Gasteiger charge is 2.25. The van der Waals surface area contributed by atoms with E-state index in [1.807, 2.05) is 6.07 Å². The highest BCUT2D eigenvalue weighted by Crippen LogP contribution is 2.15. The molecule has 0 bridgehead atoms. The molecule has 0 aliphatic rings. The maximum atomic E-state index is 13.7. The summed E-state index contributed by atoms with van der Waals surface area (Å²) in [5.74, 6) is -0.693. The number of halogens is 1. The second-order valence-electron chi connectivity index (χ2n) is 7.12. The zero-order chi connectivity index (χ0) is 19.9. The number of amides is 2. The molecule has 0 aromatic heterocycles. The highest BCUT2D eigenvalue weighted by atomic mass is 19.1. The van der Waals surface area contributed by atoms with Crippen LogP contribution in [0, 0.1) is 5.82 Å². The molecule has 2 aromatic rings. The van der Waals surface area contributed by atoms with Gasteiger partial charge >= 0.3 is 6.09 Å². The fraction of sp³-hybridized carbons (Fsp3) is 0.333. The minimum Gasteiger partial charge on any atom is -0.444 e. The largest absolute Gasteiger partial charge is 0.444 e. The lowest BCUT2D eigenvalue weighted by Crippen LogP contribution is -2.43. The van der Waals surface area contributed by atoms with Crippen LogP contribution in [0.4, 0.5) is 9.18 Å². The SMILES string of the molecule is CC(C)(C)OC(=O)NC(C(=O)NCCc1ccccc1F)c1ccccc1. The van der Waals surface area contributed by atoms with E-state index >= 15 is 0 Å². The molecule has 0 radical (unpaired) electrons. The average Bonchev–Trinajstić information content (AvgIpc) is 2.60. The Morgan fingerprint density at radius 2 is 1.67 bits per heavy atom. The molecule has 2 aromatic carbocycles. The first-order valence-corrected chi connectivity index (χ1v) is 8.82. The summed E-state index contributed by atoms with van der Waals surface area (Å²) >= 11 is 0. The summed E-state index contributed by atoms with van der Waals surface area (Å²) in [6.45, 7) is 5.49. The molecule has 1 atom stereocenters. The van der Waals surface area contributed by atoms with Crippen LogP contribution in [0.3, 0.4) is 0 Å². The van der Waals surface area contributed by atoms with E-state index < -0.39 is 17.7 Å². The number of benzene rings is 2. The van der Waals surface area contributed by atoms with Gasteiger partial charge in [-0.15, -0.1) is 0 Å². The predicted molar refractivity (Wildman–Crippen MR) is 102 cm³/mol. The van der Waals surface area contributed by atoms with Gasteiger partial charge in [0.1, 0.15) is 17.5 Å². The Bertz CT molecular complexity index is 772. The predicted octanol–water partition coefficient (Wildman–Crippen LogP) is 3.75. The molecule has 1 unspecified atom stereocenters. The molecular weight excluding hydrogens is 347 g/mol. The Labute approximate surface area is 158 Å². The summed E-state index contributed by atoms with van der Waals surface area (Å²) in [5, 5.41) is 5.35. The molecule has 0 aliphatic carbocycles. The topological polar surface area (TPSA) is 67.4 Å². The number of carbonyl (C=O) groups is 2. The second kappa shape index (κ2) is 9.16. The smallest absolute Gasteiger partial charge is 0.408 e. The summed E-state index contributed by atoms with van der Waals surface area (Å²) in [6, 6.07) is 14.4. The zero-order valence-electron chi connectivity index (χ0n) is 15.8. The zero-order valence-corrected chi connectivity index (χ0v) is 15.8. The summed E-state index contributed by atoms with van der Waals surface area (Å²) in [7, 11) is 0. The van der Waals surface area contributed by atoms with Crippen molar-refractivity contribution < 1.29 is 18.7 Å². The van der Waals surface area contributed by atoms with Crippen molar-refractivity contribution in [3.63, 3.8) is 0 Å². The molecule has 0 saturated heterocycles. The third-order valence-corrected chi connectivity index (χ3v) is 3.71. The van der Waals surface area contributed by atoms with Crippen molar-refractivity contribution >= 4 is 12.0 Å². The van der Waals surface area contributed by atoms with E-state index in [9.17, 15) is 14.0 Å². The number of carbonyl (C=O) groups excluding carboxylic acids is 2. The normalized spacial score (nSPS) is 12.1. The molecule has 0 spiro atoms. The van der Waals surface area contributed by atoms with E-state index in [0.717, 1.165) is 0 Å². The first-order valence-electron chi connectivity index (χ1n) is 8.82. The van der Waals surface area contributed by atoms with Gasteiger partial charge in [0.05, 0.1) is 0 Å². The summed E-state index contributed by atoms with van der Waals surface area (Å²) in [4.78, 5) is 24.8. The lowest BCUT2D eigenvalue weighted by atomic mass is 10.1. The molecule has 2 N–H and O–H groups in total. The summed E-state index contributed by atoms with van der Waals surface area (Å²) in [6.07, 6.45) is -0.326. The van der Waals surface area contributed by atoms with E-state index in [4.69, 9.17) is 4.74 Å². The first kappa shape index (κ1) is 20.4. The fourth-order valence-corrected chi connectivity index (χ4v) is 2.49. The standard InChI is InChI=1S/C21H25FN2O3/c1-21(2,3)27-20(26)24-18(16-10-5-4-6-11-16)19(25)23-14-13-15-9-7-8-12-17(15)22/h4-12,18H,13-14H2,1-3H3,(H,23,25)(H,24,26). The van der Waals surface area contributed by atoms with Gasteiger partial charge < -0.3 is 15.4 Å². The number of hydrogen-bond donors (Lipinski definition) is 2. The van der Waals surface area contributed by atoms with Gasteiger partial charge in [0.2, 0.25) is 5.91 Å². The third kappa shape index (κ3) is 6.73. The van der Waals surface area contributed by atoms with Crippen LogP contribution >= 0.6 is 0 Å². The van der Waals surface area contributed by atoms with E-state index in [-0.39, 0.29) is 18.3 Å². The third-order valence-electron chi connectivity index (χ3n) is 3.71. The Morgan fingerprint density at radius 3 is 2.30 bits per heavy atom. The molecule has 144 valence electrons. The Kier molecular flexibility index (Phi) is 6.93. The van der Waals surface area contributed by atoms with Crippen molar-refractivity contribution in [1.29, 1.82) is 0 Å². The minimum atomic E-state index is -0.901. The van der Waals surface area contributed by atoms with Crippen molar-refractivity contribution in [2.24, 2.45) is 0 Å². The van der Waals surface area contributed by atoms with Crippen molar-refractivity contribution in [3.8, 4) is 0 Å². The van der Waals surface area contributed by atoms with Gasteiger partial charge in [-0.25, -0.2) is 9.18 Å². The van der Waals surface area contributed by atoms with Gasteiger partial charge in [0.15, 0.2) is 0 Å². The van der Waals surface area contributed by atoms with Crippen LogP contribution in [0.2, 0.25) is 0 Å². The number of rotatable bonds is 6. The van der Waals surface area contributed by atoms with Gasteiger partial charge in [-0.1, -0.05) is 48.5 Å². The van der Waals surface area contributed by atoms with Crippen LogP contribution in [0.1, 0.15) is 37.9 Å². The van der Waals surface area contributed by atoms with Gasteiger partial charge in [-0.3, -0.25) is 4.79 Å². The van der Waals surface area contributed by atoms with Crippen LogP contribution in [0.25, 0.3) is 0 Å². The molecule has 2 rings (SSSR count). The van der Waals surface area contributed by atoms with Crippen LogP contribution in [0.5, 0.6) is 0 Å². The van der Waals surface area contributed by atoms with Crippen LogP contribution in [-0.2, 0) is 16.0 Å². The average molecular weight is 372 g/mol. The van der Waals surface area contributed by atoms with Gasteiger partial charge in [-0.05, 0) is 44.4 Å². The molecule has 6 heteroatoms. The first-order chi connectivity index (χ1) is 12.8. The molecule has 0 fully saturated rings. The van der Waals surface area contributed by atoms with Gasteiger partial charge in [0, 0.05) is 6.54 Å².